The molecular formula is C74H138O10. The Morgan fingerprint density at radius 2 is 0.429 bits per heavy atom. The van der Waals surface area contributed by atoms with Crippen molar-refractivity contribution < 1.29 is 49.8 Å². The molecule has 0 aromatic rings. The average molecular weight is 1190 g/mol. The predicted octanol–water partition coefficient (Wildman–Crippen LogP) is 19.2. The number of aliphatic hydroxyl groups is 6. The third-order valence-corrected chi connectivity index (χ3v) is 17.9. The van der Waals surface area contributed by atoms with Gasteiger partial charge in [-0.1, -0.05) is 309 Å². The van der Waals surface area contributed by atoms with Crippen LogP contribution in [0.3, 0.4) is 0 Å². The second-order valence-electron chi connectivity index (χ2n) is 25.8. The molecule has 494 valence electrons. The Labute approximate surface area is 517 Å². The third-order valence-electron chi connectivity index (χ3n) is 17.9. The second-order valence-corrected chi connectivity index (χ2v) is 25.8. The van der Waals surface area contributed by atoms with E-state index < -0.39 is 58.8 Å². The van der Waals surface area contributed by atoms with Crippen LogP contribution in [0.1, 0.15) is 387 Å². The van der Waals surface area contributed by atoms with Gasteiger partial charge >= 0.3 is 0 Å². The van der Waals surface area contributed by atoms with E-state index in [9.17, 15) is 49.8 Å². The van der Waals surface area contributed by atoms with E-state index in [0.717, 1.165) is 116 Å². The summed E-state index contributed by atoms with van der Waals surface area (Å²) in [6.07, 6.45) is 51.7. The molecule has 0 rings (SSSR count). The van der Waals surface area contributed by atoms with E-state index in [1.54, 1.807) is 0 Å². The van der Waals surface area contributed by atoms with E-state index >= 15 is 0 Å². The van der Waals surface area contributed by atoms with Gasteiger partial charge in [-0.05, 0) is 77.0 Å². The fraction of sp³-hybridized carbons (Fsp3) is 0.892. The summed E-state index contributed by atoms with van der Waals surface area (Å²) in [6.45, 7) is 8.91. The number of Topliss-reactive ketones (excluding diaryl/α,β-unsaturated/α-hetero) is 4. The van der Waals surface area contributed by atoms with Crippen molar-refractivity contribution in [2.45, 2.75) is 423 Å². The summed E-state index contributed by atoms with van der Waals surface area (Å²) in [6, 6.07) is 0. The van der Waals surface area contributed by atoms with Gasteiger partial charge in [0.1, 0.15) is 12.2 Å². The minimum Gasteiger partial charge on any atom is -0.387 e. The van der Waals surface area contributed by atoms with Crippen LogP contribution < -0.4 is 0 Å². The summed E-state index contributed by atoms with van der Waals surface area (Å²) < 4.78 is 0. The molecule has 0 heterocycles. The molecule has 0 aliphatic rings. The molecule has 0 amide bonds. The van der Waals surface area contributed by atoms with Crippen molar-refractivity contribution in [3.8, 4) is 0 Å². The molecule has 0 spiro atoms. The van der Waals surface area contributed by atoms with Crippen LogP contribution in [0.15, 0.2) is 24.3 Å². The molecular weight excluding hydrogens is 1050 g/mol. The molecule has 6 atom stereocenters. The molecule has 0 aromatic carbocycles. The first-order chi connectivity index (χ1) is 40.8. The number of hydrogen-bond acceptors (Lipinski definition) is 10. The maximum absolute atomic E-state index is 14.3. The van der Waals surface area contributed by atoms with Crippen LogP contribution in [-0.2, 0) is 19.2 Å². The summed E-state index contributed by atoms with van der Waals surface area (Å²) in [5.74, 6) is -4.05. The summed E-state index contributed by atoms with van der Waals surface area (Å²) in [4.78, 5) is 56.3. The van der Waals surface area contributed by atoms with Crippen LogP contribution in [0, 0.1) is 0 Å². The number of carbonyl (C=O) groups is 4. The van der Waals surface area contributed by atoms with Gasteiger partial charge in [0.25, 0.3) is 0 Å². The largest absolute Gasteiger partial charge is 0.387 e. The molecule has 0 saturated carbocycles. The standard InChI is InChI=1S/C74H138O10/c1-5-9-13-17-21-25-29-33-35-39-43-47-51-55-59-63-67(77)73(83,69(79)65(75)61-57-53-49-45-41-37-31-27-23-19-15-11-7-3)71(81)72(82)74(84,68(78)64-60-56-52-48-44-40-36-34-30-26-22-18-14-10-6-2)70(80)66(76)62-58-54-50-46-42-38-32-28-24-20-16-12-8-4/h33-36,69-72,79-84H,5-32,37-64H2,1-4H3/b35-33-,36-34-/t69?,70?,71-,72-,73+,74+/m0/s1. The lowest BCUT2D eigenvalue weighted by atomic mass is 9.71. The van der Waals surface area contributed by atoms with Crippen molar-refractivity contribution in [1.82, 2.24) is 0 Å². The average Bonchev–Trinajstić information content (AvgIpc) is 3.49. The molecule has 6 N–H and O–H groups in total. The maximum Gasteiger partial charge on any atom is 0.184 e. The fourth-order valence-electron chi connectivity index (χ4n) is 12.0. The lowest BCUT2D eigenvalue weighted by Gasteiger charge is -2.43. The van der Waals surface area contributed by atoms with E-state index in [1.807, 2.05) is 0 Å². The first-order valence-electron chi connectivity index (χ1n) is 36.4. The van der Waals surface area contributed by atoms with Crippen molar-refractivity contribution in [2.24, 2.45) is 0 Å². The first-order valence-corrected chi connectivity index (χ1v) is 36.4. The van der Waals surface area contributed by atoms with Gasteiger partial charge in [-0.2, -0.15) is 0 Å². The van der Waals surface area contributed by atoms with Gasteiger partial charge in [0.15, 0.2) is 46.5 Å². The number of allylic oxidation sites excluding steroid dienone is 4. The Bertz CT molecular complexity index is 1460. The van der Waals surface area contributed by atoms with Crippen LogP contribution in [0.5, 0.6) is 0 Å². The number of unbranched alkanes of at least 4 members (excludes halogenated alkanes) is 46. The molecule has 0 saturated heterocycles. The lowest BCUT2D eigenvalue weighted by Crippen LogP contribution is -2.71. The number of rotatable bonds is 67. The molecule has 10 nitrogen and oxygen atoms in total. The Balaban J connectivity index is 6.10. The minimum atomic E-state index is -3.34. The monoisotopic (exact) mass is 1190 g/mol. The van der Waals surface area contributed by atoms with Crippen molar-refractivity contribution in [3.05, 3.63) is 24.3 Å². The second kappa shape index (κ2) is 58.6. The van der Waals surface area contributed by atoms with Crippen molar-refractivity contribution >= 4 is 23.1 Å². The zero-order valence-electron chi connectivity index (χ0n) is 55.5. The maximum atomic E-state index is 14.3. The molecule has 2 unspecified atom stereocenters. The summed E-state index contributed by atoms with van der Waals surface area (Å²) in [7, 11) is 0. The lowest BCUT2D eigenvalue weighted by molar-refractivity contribution is -0.225. The molecule has 0 fully saturated rings. The van der Waals surface area contributed by atoms with Crippen molar-refractivity contribution in [1.29, 1.82) is 0 Å². The van der Waals surface area contributed by atoms with Crippen LogP contribution >= 0.6 is 0 Å². The van der Waals surface area contributed by atoms with E-state index in [0.29, 0.717) is 38.5 Å². The van der Waals surface area contributed by atoms with Crippen LogP contribution in [0.2, 0.25) is 0 Å². The van der Waals surface area contributed by atoms with Gasteiger partial charge in [0, 0.05) is 25.7 Å². The topological polar surface area (TPSA) is 190 Å². The molecule has 0 bridgehead atoms. The van der Waals surface area contributed by atoms with Crippen LogP contribution in [0.25, 0.3) is 0 Å². The summed E-state index contributed by atoms with van der Waals surface area (Å²) >= 11 is 0. The highest BCUT2D eigenvalue weighted by molar-refractivity contribution is 5.99. The van der Waals surface area contributed by atoms with Gasteiger partial charge in [-0.3, -0.25) is 19.2 Å². The zero-order chi connectivity index (χ0) is 62.0. The van der Waals surface area contributed by atoms with Gasteiger partial charge in [-0.25, -0.2) is 0 Å². The third kappa shape index (κ3) is 41.2. The van der Waals surface area contributed by atoms with Crippen molar-refractivity contribution in [3.63, 3.8) is 0 Å². The number of aliphatic hydroxyl groups excluding tert-OH is 4. The Kier molecular flexibility index (Phi) is 57.1. The first kappa shape index (κ1) is 81.9. The number of ketones is 4. The zero-order valence-corrected chi connectivity index (χ0v) is 55.5. The van der Waals surface area contributed by atoms with E-state index in [-0.39, 0.29) is 38.5 Å². The highest BCUT2D eigenvalue weighted by Crippen LogP contribution is 2.33. The Hall–Kier alpha value is -2.08. The van der Waals surface area contributed by atoms with Gasteiger partial charge < -0.3 is 30.6 Å². The molecule has 10 heteroatoms. The molecule has 0 aliphatic carbocycles. The minimum absolute atomic E-state index is 0.205. The van der Waals surface area contributed by atoms with Gasteiger partial charge in [-0.15, -0.1) is 0 Å². The fourth-order valence-corrected chi connectivity index (χ4v) is 12.0. The van der Waals surface area contributed by atoms with Gasteiger partial charge in [0.05, 0.1) is 0 Å². The number of carbonyl (C=O) groups excluding carboxylic acids is 4. The van der Waals surface area contributed by atoms with Crippen LogP contribution in [-0.4, -0.2) is 89.4 Å². The molecule has 0 aromatic heterocycles. The summed E-state index contributed by atoms with van der Waals surface area (Å²) in [5, 5.41) is 72.3. The van der Waals surface area contributed by atoms with Gasteiger partial charge in [0.2, 0.25) is 0 Å². The normalized spacial score (nSPS) is 14.9. The van der Waals surface area contributed by atoms with E-state index in [2.05, 4.69) is 52.0 Å². The molecule has 0 radical (unpaired) electrons. The highest BCUT2D eigenvalue weighted by atomic mass is 16.4. The smallest absolute Gasteiger partial charge is 0.184 e. The molecule has 84 heavy (non-hydrogen) atoms. The van der Waals surface area contributed by atoms with E-state index in [1.165, 1.54) is 167 Å². The predicted molar refractivity (Wildman–Crippen MR) is 353 cm³/mol. The SMILES string of the molecule is CCCCCCCC/C=C\CCCCCCCC(=O)[C@@](O)(C(O)C(=O)CCCCCCCCCCCCCCC)[C@@H](O)[C@H](O)[C@@](O)(C(=O)CCCCCCC/C=C\CCCCCCCC)C(O)C(=O)CCCCCCCCCCCCCCC. The Morgan fingerprint density at radius 3 is 0.631 bits per heavy atom. The van der Waals surface area contributed by atoms with Crippen molar-refractivity contribution in [2.75, 3.05) is 0 Å². The molecule has 0 aliphatic heterocycles. The Morgan fingerprint density at radius 1 is 0.262 bits per heavy atom. The highest BCUT2D eigenvalue weighted by Gasteiger charge is 2.62. The van der Waals surface area contributed by atoms with Crippen LogP contribution in [0.4, 0.5) is 0 Å². The van der Waals surface area contributed by atoms with E-state index in [4.69, 9.17) is 0 Å². The quantitative estimate of drug-likeness (QED) is 0.0252. The number of hydrogen-bond donors (Lipinski definition) is 6. The summed E-state index contributed by atoms with van der Waals surface area (Å²) in [5.41, 5.74) is -6.69.